The molecule has 2 amide bonds. The van der Waals surface area contributed by atoms with Gasteiger partial charge in [0.15, 0.2) is 0 Å². The number of aryl methyl sites for hydroxylation is 2. The highest BCUT2D eigenvalue weighted by molar-refractivity contribution is 6.00. The van der Waals surface area contributed by atoms with E-state index in [1.54, 1.807) is 9.80 Å². The molecule has 1 unspecified atom stereocenters. The van der Waals surface area contributed by atoms with Crippen LogP contribution in [-0.2, 0) is 19.1 Å². The molecular formula is C20H26N2O4. The van der Waals surface area contributed by atoms with Gasteiger partial charge < -0.3 is 14.5 Å². The first kappa shape index (κ1) is 18.4. The van der Waals surface area contributed by atoms with E-state index in [4.69, 9.17) is 4.74 Å². The summed E-state index contributed by atoms with van der Waals surface area (Å²) in [4.78, 5) is 40.5. The normalized spacial score (nSPS) is 21.2. The zero-order chi connectivity index (χ0) is 18.8. The Morgan fingerprint density at radius 3 is 2.42 bits per heavy atom. The van der Waals surface area contributed by atoms with Crippen molar-refractivity contribution >= 4 is 23.5 Å². The molecule has 6 nitrogen and oxygen atoms in total. The molecule has 0 radical (unpaired) electrons. The molecule has 0 N–H and O–H groups in total. The standard InChI is InChI=1S/C20H26N2O4/c1-13-4-5-17(14(2)10-13)22-12-16(11-18(22)23)19(24)21-8-6-15(7-9-21)20(25)26-3/h4-5,10,15-16H,6-9,11-12H2,1-3H3. The summed E-state index contributed by atoms with van der Waals surface area (Å²) in [7, 11) is 1.39. The SMILES string of the molecule is COC(=O)C1CCN(C(=O)C2CC(=O)N(c3ccc(C)cc3C)C2)CC1. The van der Waals surface area contributed by atoms with E-state index in [1.165, 1.54) is 7.11 Å². The molecule has 1 aromatic rings. The lowest BCUT2D eigenvalue weighted by Gasteiger charge is -2.32. The first-order valence-corrected chi connectivity index (χ1v) is 9.15. The van der Waals surface area contributed by atoms with Crippen molar-refractivity contribution in [1.29, 1.82) is 0 Å². The maximum atomic E-state index is 12.8. The van der Waals surface area contributed by atoms with Gasteiger partial charge in [-0.15, -0.1) is 0 Å². The molecule has 0 bridgehead atoms. The third-order valence-corrected chi connectivity index (χ3v) is 5.46. The second-order valence-corrected chi connectivity index (χ2v) is 7.32. The van der Waals surface area contributed by atoms with Gasteiger partial charge in [-0.05, 0) is 38.3 Å². The van der Waals surface area contributed by atoms with Crippen LogP contribution < -0.4 is 4.90 Å². The van der Waals surface area contributed by atoms with E-state index in [0.717, 1.165) is 16.8 Å². The van der Waals surface area contributed by atoms with Crippen LogP contribution in [0, 0.1) is 25.7 Å². The number of piperidine rings is 1. The predicted molar refractivity (Wildman–Crippen MR) is 97.7 cm³/mol. The number of benzene rings is 1. The molecule has 2 heterocycles. The van der Waals surface area contributed by atoms with Crippen LogP contribution in [0.2, 0.25) is 0 Å². The lowest BCUT2D eigenvalue weighted by atomic mass is 9.95. The van der Waals surface area contributed by atoms with E-state index < -0.39 is 0 Å². The highest BCUT2D eigenvalue weighted by Gasteiger charge is 2.39. The molecule has 6 heteroatoms. The minimum Gasteiger partial charge on any atom is -0.469 e. The van der Waals surface area contributed by atoms with Gasteiger partial charge in [0.05, 0.1) is 18.9 Å². The van der Waals surface area contributed by atoms with Gasteiger partial charge in [0.2, 0.25) is 11.8 Å². The van der Waals surface area contributed by atoms with Crippen molar-refractivity contribution in [3.63, 3.8) is 0 Å². The quantitative estimate of drug-likeness (QED) is 0.776. The second-order valence-electron chi connectivity index (χ2n) is 7.32. The fraction of sp³-hybridized carbons (Fsp3) is 0.550. The van der Waals surface area contributed by atoms with Crippen LogP contribution in [0.15, 0.2) is 18.2 Å². The number of hydrogen-bond acceptors (Lipinski definition) is 4. The van der Waals surface area contributed by atoms with Gasteiger partial charge in [0, 0.05) is 31.7 Å². The lowest BCUT2D eigenvalue weighted by molar-refractivity contribution is -0.149. The molecule has 0 aromatic heterocycles. The van der Waals surface area contributed by atoms with Gasteiger partial charge >= 0.3 is 5.97 Å². The molecule has 0 spiro atoms. The van der Waals surface area contributed by atoms with E-state index >= 15 is 0 Å². The maximum absolute atomic E-state index is 12.8. The maximum Gasteiger partial charge on any atom is 0.308 e. The summed E-state index contributed by atoms with van der Waals surface area (Å²) >= 11 is 0. The number of ether oxygens (including phenoxy) is 1. The summed E-state index contributed by atoms with van der Waals surface area (Å²) in [6, 6.07) is 6.00. The van der Waals surface area contributed by atoms with Crippen molar-refractivity contribution in [2.24, 2.45) is 11.8 Å². The van der Waals surface area contributed by atoms with Crippen LogP contribution in [-0.4, -0.2) is 49.4 Å². The van der Waals surface area contributed by atoms with Crippen molar-refractivity contribution in [3.05, 3.63) is 29.3 Å². The molecule has 2 fully saturated rings. The van der Waals surface area contributed by atoms with Crippen molar-refractivity contribution in [1.82, 2.24) is 4.90 Å². The van der Waals surface area contributed by atoms with Crippen LogP contribution >= 0.6 is 0 Å². The van der Waals surface area contributed by atoms with Crippen molar-refractivity contribution in [3.8, 4) is 0 Å². The number of nitrogens with zero attached hydrogens (tertiary/aromatic N) is 2. The number of amides is 2. The fourth-order valence-corrected chi connectivity index (χ4v) is 3.97. The van der Waals surface area contributed by atoms with Crippen LogP contribution in [0.25, 0.3) is 0 Å². The third kappa shape index (κ3) is 3.59. The van der Waals surface area contributed by atoms with Crippen molar-refractivity contribution in [2.45, 2.75) is 33.1 Å². The van der Waals surface area contributed by atoms with E-state index in [2.05, 4.69) is 6.07 Å². The van der Waals surface area contributed by atoms with Crippen LogP contribution in [0.3, 0.4) is 0 Å². The molecule has 0 aliphatic carbocycles. The molecular weight excluding hydrogens is 332 g/mol. The number of carbonyl (C=O) groups is 3. The molecule has 3 rings (SSSR count). The minimum absolute atomic E-state index is 0.000232. The molecule has 2 aliphatic heterocycles. The number of hydrogen-bond donors (Lipinski definition) is 0. The predicted octanol–water partition coefficient (Wildman–Crippen LogP) is 2.07. The Labute approximate surface area is 154 Å². The van der Waals surface area contributed by atoms with Crippen LogP contribution in [0.1, 0.15) is 30.4 Å². The fourth-order valence-electron chi connectivity index (χ4n) is 3.97. The van der Waals surface area contributed by atoms with Gasteiger partial charge in [-0.2, -0.15) is 0 Å². The van der Waals surface area contributed by atoms with Gasteiger partial charge in [-0.3, -0.25) is 14.4 Å². The third-order valence-electron chi connectivity index (χ3n) is 5.46. The first-order chi connectivity index (χ1) is 12.4. The number of carbonyl (C=O) groups excluding carboxylic acids is 3. The Morgan fingerprint density at radius 1 is 1.12 bits per heavy atom. The number of likely N-dealkylation sites (tertiary alicyclic amines) is 1. The zero-order valence-electron chi connectivity index (χ0n) is 15.7. The average molecular weight is 358 g/mol. The van der Waals surface area contributed by atoms with Gasteiger partial charge in [-0.1, -0.05) is 17.7 Å². The summed E-state index contributed by atoms with van der Waals surface area (Å²) in [6.45, 7) is 5.54. The molecule has 0 saturated carbocycles. The Hall–Kier alpha value is -2.37. The highest BCUT2D eigenvalue weighted by Crippen LogP contribution is 2.30. The van der Waals surface area contributed by atoms with Crippen molar-refractivity contribution < 1.29 is 19.1 Å². The van der Waals surface area contributed by atoms with Gasteiger partial charge in [0.1, 0.15) is 0 Å². The molecule has 2 aliphatic rings. The van der Waals surface area contributed by atoms with Crippen LogP contribution in [0.4, 0.5) is 5.69 Å². The number of esters is 1. The molecule has 1 atom stereocenters. The summed E-state index contributed by atoms with van der Waals surface area (Å²) in [5.74, 6) is -0.610. The molecule has 140 valence electrons. The number of anilines is 1. The monoisotopic (exact) mass is 358 g/mol. The van der Waals surface area contributed by atoms with Crippen molar-refractivity contribution in [2.75, 3.05) is 31.6 Å². The first-order valence-electron chi connectivity index (χ1n) is 9.15. The summed E-state index contributed by atoms with van der Waals surface area (Å²) in [5.41, 5.74) is 3.09. The van der Waals surface area contributed by atoms with Gasteiger partial charge in [0.25, 0.3) is 0 Å². The van der Waals surface area contributed by atoms with E-state index in [0.29, 0.717) is 32.5 Å². The molecule has 2 saturated heterocycles. The zero-order valence-corrected chi connectivity index (χ0v) is 15.7. The summed E-state index contributed by atoms with van der Waals surface area (Å²) in [5, 5.41) is 0. The largest absolute Gasteiger partial charge is 0.469 e. The van der Waals surface area contributed by atoms with E-state index in [9.17, 15) is 14.4 Å². The smallest absolute Gasteiger partial charge is 0.308 e. The Bertz CT molecular complexity index is 723. The average Bonchev–Trinajstić information content (AvgIpc) is 3.02. The topological polar surface area (TPSA) is 66.9 Å². The Balaban J connectivity index is 1.63. The summed E-state index contributed by atoms with van der Waals surface area (Å²) in [6.07, 6.45) is 1.50. The number of methoxy groups -OCH3 is 1. The molecule has 1 aromatic carbocycles. The number of rotatable bonds is 3. The Morgan fingerprint density at radius 2 is 1.81 bits per heavy atom. The second kappa shape index (κ2) is 7.48. The van der Waals surface area contributed by atoms with Gasteiger partial charge in [-0.25, -0.2) is 0 Å². The van der Waals surface area contributed by atoms with Crippen LogP contribution in [0.5, 0.6) is 0 Å². The van der Waals surface area contributed by atoms with E-state index in [1.807, 2.05) is 26.0 Å². The minimum atomic E-state index is -0.308. The molecule has 26 heavy (non-hydrogen) atoms. The highest BCUT2D eigenvalue weighted by atomic mass is 16.5. The Kier molecular flexibility index (Phi) is 5.30. The lowest BCUT2D eigenvalue weighted by Crippen LogP contribution is -2.43. The summed E-state index contributed by atoms with van der Waals surface area (Å²) < 4.78 is 4.79. The van der Waals surface area contributed by atoms with E-state index in [-0.39, 0.29) is 36.0 Å².